The number of aryl methyl sites for hydroxylation is 1. The number of hydrazine groups is 1. The molecule has 1 saturated heterocycles. The lowest BCUT2D eigenvalue weighted by atomic mass is 10.0. The van der Waals surface area contributed by atoms with Gasteiger partial charge in [-0.2, -0.15) is 0 Å². The molecule has 1 unspecified atom stereocenters. The normalized spacial score (nSPS) is 19.8. The smallest absolute Gasteiger partial charge is 0.240 e. The number of carbonyl (C=O) groups excluding carboxylic acids is 2. The number of carbonyl (C=O) groups is 2. The fraction of sp³-hybridized carbons (Fsp3) is 0.600. The number of amides is 2. The van der Waals surface area contributed by atoms with Crippen molar-refractivity contribution < 1.29 is 9.59 Å². The Kier molecular flexibility index (Phi) is 5.17. The van der Waals surface area contributed by atoms with Crippen LogP contribution in [-0.4, -0.2) is 23.4 Å². The van der Waals surface area contributed by atoms with E-state index in [1.54, 1.807) is 11.3 Å². The van der Waals surface area contributed by atoms with Crippen molar-refractivity contribution in [3.8, 4) is 0 Å². The summed E-state index contributed by atoms with van der Waals surface area (Å²) in [6.07, 6.45) is 3.67. The van der Waals surface area contributed by atoms with Crippen molar-refractivity contribution in [2.75, 3.05) is 6.54 Å². The van der Waals surface area contributed by atoms with Crippen LogP contribution in [0.3, 0.4) is 0 Å². The van der Waals surface area contributed by atoms with Crippen molar-refractivity contribution in [2.24, 2.45) is 0 Å². The summed E-state index contributed by atoms with van der Waals surface area (Å²) in [5.41, 5.74) is 2.77. The molecule has 1 aliphatic rings. The molecule has 0 saturated carbocycles. The maximum atomic E-state index is 12.1. The Morgan fingerprint density at radius 3 is 2.95 bits per heavy atom. The zero-order chi connectivity index (χ0) is 14.5. The van der Waals surface area contributed by atoms with Crippen molar-refractivity contribution in [1.29, 1.82) is 0 Å². The first-order valence-electron chi connectivity index (χ1n) is 7.26. The van der Waals surface area contributed by atoms with E-state index in [2.05, 4.69) is 24.5 Å². The Morgan fingerprint density at radius 2 is 2.30 bits per heavy atom. The number of thiophene rings is 1. The maximum Gasteiger partial charge on any atom is 0.240 e. The third-order valence-corrected chi connectivity index (χ3v) is 4.71. The number of rotatable bonds is 4. The largest absolute Gasteiger partial charge is 0.273 e. The molecule has 1 aromatic rings. The molecule has 2 heterocycles. The van der Waals surface area contributed by atoms with E-state index in [1.807, 2.05) is 6.92 Å². The Bertz CT molecular complexity index is 484. The first kappa shape index (κ1) is 15.0. The van der Waals surface area contributed by atoms with Crippen molar-refractivity contribution in [1.82, 2.24) is 10.4 Å². The summed E-state index contributed by atoms with van der Waals surface area (Å²) >= 11 is 1.79. The monoisotopic (exact) mass is 294 g/mol. The van der Waals surface area contributed by atoms with E-state index >= 15 is 0 Å². The topological polar surface area (TPSA) is 49.4 Å². The predicted octanol–water partition coefficient (Wildman–Crippen LogP) is 2.98. The summed E-state index contributed by atoms with van der Waals surface area (Å²) in [6.45, 7) is 4.64. The van der Waals surface area contributed by atoms with Gasteiger partial charge in [-0.15, -0.1) is 11.3 Å². The van der Waals surface area contributed by atoms with Gasteiger partial charge in [0.05, 0.1) is 6.54 Å². The second-order valence-electron chi connectivity index (χ2n) is 5.33. The Hall–Kier alpha value is -1.36. The molecule has 1 atom stereocenters. The summed E-state index contributed by atoms with van der Waals surface area (Å²) in [5.74, 6) is 0.302. The number of nitrogens with zero attached hydrogens (tertiary/aromatic N) is 1. The van der Waals surface area contributed by atoms with Gasteiger partial charge >= 0.3 is 0 Å². The van der Waals surface area contributed by atoms with Crippen LogP contribution in [0.15, 0.2) is 12.1 Å². The maximum absolute atomic E-state index is 12.1. The number of hydrogen-bond acceptors (Lipinski definition) is 3. The minimum absolute atomic E-state index is 0.0326. The lowest BCUT2D eigenvalue weighted by Crippen LogP contribution is -2.46. The van der Waals surface area contributed by atoms with E-state index in [9.17, 15) is 9.59 Å². The third-order valence-electron chi connectivity index (χ3n) is 3.55. The average molecular weight is 294 g/mol. The second-order valence-corrected chi connectivity index (χ2v) is 6.65. The van der Waals surface area contributed by atoms with Gasteiger partial charge in [0.25, 0.3) is 0 Å². The molecule has 2 amide bonds. The standard InChI is InChI=1S/C15H22N2O2S/c1-3-5-14(18)16-17-10-12(6-4-7-15(17)19)13-9-8-11(2)20-13/h8-9,12H,3-7,10H2,1-2H3,(H,16,18). The van der Waals surface area contributed by atoms with Crippen LogP contribution in [-0.2, 0) is 9.59 Å². The zero-order valence-corrected chi connectivity index (χ0v) is 13.0. The van der Waals surface area contributed by atoms with E-state index in [0.717, 1.165) is 19.3 Å². The van der Waals surface area contributed by atoms with Gasteiger partial charge in [-0.25, -0.2) is 0 Å². The van der Waals surface area contributed by atoms with Crippen molar-refractivity contribution in [3.63, 3.8) is 0 Å². The summed E-state index contributed by atoms with van der Waals surface area (Å²) < 4.78 is 0. The van der Waals surface area contributed by atoms with Crippen LogP contribution in [0.4, 0.5) is 0 Å². The van der Waals surface area contributed by atoms with Crippen LogP contribution in [0.5, 0.6) is 0 Å². The van der Waals surface area contributed by atoms with Crippen LogP contribution in [0.2, 0.25) is 0 Å². The quantitative estimate of drug-likeness (QED) is 0.928. The van der Waals surface area contributed by atoms with Gasteiger partial charge in [0.2, 0.25) is 11.8 Å². The van der Waals surface area contributed by atoms with E-state index in [-0.39, 0.29) is 11.8 Å². The summed E-state index contributed by atoms with van der Waals surface area (Å²) in [7, 11) is 0. The van der Waals surface area contributed by atoms with Crippen LogP contribution < -0.4 is 5.43 Å². The van der Waals surface area contributed by atoms with E-state index in [1.165, 1.54) is 14.8 Å². The first-order valence-corrected chi connectivity index (χ1v) is 8.08. The van der Waals surface area contributed by atoms with E-state index in [0.29, 0.717) is 25.3 Å². The molecular formula is C15H22N2O2S. The van der Waals surface area contributed by atoms with Crippen molar-refractivity contribution >= 4 is 23.2 Å². The molecule has 20 heavy (non-hydrogen) atoms. The molecule has 5 heteroatoms. The highest BCUT2D eigenvalue weighted by molar-refractivity contribution is 7.12. The SMILES string of the molecule is CCCC(=O)NN1CC(c2ccc(C)s2)CCCC1=O. The lowest BCUT2D eigenvalue weighted by molar-refractivity contribution is -0.141. The molecule has 1 N–H and O–H groups in total. The molecule has 0 aromatic carbocycles. The molecule has 1 aliphatic heterocycles. The van der Waals surface area contributed by atoms with Crippen LogP contribution in [0.1, 0.15) is 54.7 Å². The summed E-state index contributed by atoms with van der Waals surface area (Å²) in [6, 6.07) is 4.26. The first-order chi connectivity index (χ1) is 9.60. The molecular weight excluding hydrogens is 272 g/mol. The van der Waals surface area contributed by atoms with Gasteiger partial charge < -0.3 is 0 Å². The molecule has 1 aromatic heterocycles. The van der Waals surface area contributed by atoms with Gasteiger partial charge in [-0.3, -0.25) is 20.0 Å². The van der Waals surface area contributed by atoms with Crippen molar-refractivity contribution in [2.45, 2.75) is 51.9 Å². The minimum Gasteiger partial charge on any atom is -0.273 e. The Balaban J connectivity index is 2.06. The molecule has 1 fully saturated rings. The molecule has 0 spiro atoms. The van der Waals surface area contributed by atoms with Gasteiger partial charge in [0.15, 0.2) is 0 Å². The fourth-order valence-electron chi connectivity index (χ4n) is 2.49. The molecule has 2 rings (SSSR count). The van der Waals surface area contributed by atoms with Gasteiger partial charge in [-0.05, 0) is 38.3 Å². The molecule has 0 bridgehead atoms. The number of hydrogen-bond donors (Lipinski definition) is 1. The van der Waals surface area contributed by atoms with Crippen molar-refractivity contribution in [3.05, 3.63) is 21.9 Å². The van der Waals surface area contributed by atoms with Crippen LogP contribution in [0, 0.1) is 6.92 Å². The molecule has 0 aliphatic carbocycles. The average Bonchev–Trinajstić information content (AvgIpc) is 2.74. The lowest BCUT2D eigenvalue weighted by Gasteiger charge is -2.24. The molecule has 4 nitrogen and oxygen atoms in total. The Labute approximate surface area is 124 Å². The van der Waals surface area contributed by atoms with Gasteiger partial charge in [0, 0.05) is 28.5 Å². The predicted molar refractivity (Wildman–Crippen MR) is 80.4 cm³/mol. The van der Waals surface area contributed by atoms with Gasteiger partial charge in [-0.1, -0.05) is 6.92 Å². The zero-order valence-electron chi connectivity index (χ0n) is 12.1. The van der Waals surface area contributed by atoms with E-state index in [4.69, 9.17) is 0 Å². The highest BCUT2D eigenvalue weighted by atomic mass is 32.1. The summed E-state index contributed by atoms with van der Waals surface area (Å²) in [5, 5.41) is 1.53. The Morgan fingerprint density at radius 1 is 1.50 bits per heavy atom. The van der Waals surface area contributed by atoms with Crippen LogP contribution in [0.25, 0.3) is 0 Å². The fourth-order valence-corrected chi connectivity index (χ4v) is 3.50. The minimum atomic E-state index is -0.0659. The second kappa shape index (κ2) is 6.88. The van der Waals surface area contributed by atoms with Gasteiger partial charge in [0.1, 0.15) is 0 Å². The highest BCUT2D eigenvalue weighted by Crippen LogP contribution is 2.31. The number of nitrogens with one attached hydrogen (secondary N) is 1. The summed E-state index contributed by atoms with van der Waals surface area (Å²) in [4.78, 5) is 26.4. The molecule has 110 valence electrons. The van der Waals surface area contributed by atoms with E-state index < -0.39 is 0 Å². The van der Waals surface area contributed by atoms with Crippen LogP contribution >= 0.6 is 11.3 Å². The molecule has 0 radical (unpaired) electrons. The highest BCUT2D eigenvalue weighted by Gasteiger charge is 2.26. The third kappa shape index (κ3) is 3.82.